The second-order valence-corrected chi connectivity index (χ2v) is 15.1. The van der Waals surface area contributed by atoms with Crippen molar-refractivity contribution in [1.82, 2.24) is 14.8 Å². The summed E-state index contributed by atoms with van der Waals surface area (Å²) in [6.07, 6.45) is 3.70. The molecule has 0 fully saturated rings. The van der Waals surface area contributed by atoms with E-state index in [1.165, 1.54) is 6.33 Å². The first-order valence-electron chi connectivity index (χ1n) is 14.9. The first-order valence-corrected chi connectivity index (χ1v) is 15.7. The van der Waals surface area contributed by atoms with Crippen LogP contribution in [0.15, 0.2) is 65.7 Å². The van der Waals surface area contributed by atoms with Crippen LogP contribution >= 0.6 is 15.9 Å². The van der Waals surface area contributed by atoms with Crippen molar-refractivity contribution >= 4 is 27.9 Å². The van der Waals surface area contributed by atoms with Crippen LogP contribution in [0.1, 0.15) is 93.2 Å². The SMILES string of the molecule is CC(C)OC(=O)[C@@](N)(CC(C)(C)C)c1ccc(-n2cncn2)cc1.CC(C)OC(=O)[C@@](N)(CC(C)(C)C)c1ccc(Br)cc1. The molecule has 0 unspecified atom stereocenters. The molecular weight excluding hydrogens is 622 g/mol. The zero-order valence-corrected chi connectivity index (χ0v) is 29.4. The molecule has 9 nitrogen and oxygen atoms in total. The van der Waals surface area contributed by atoms with E-state index in [1.807, 2.05) is 76.2 Å². The Balaban J connectivity index is 0.000000312. The standard InChI is InChI=1S/C18H26N4O2.C16H24BrNO2/c1-13(2)24-16(23)18(19,10-17(3,4)5)14-6-8-15(9-7-14)22-12-20-11-21-22;1-11(2)20-14(19)16(18,10-15(3,4)5)12-6-8-13(17)9-7-12/h6-9,11-13H,10,19H2,1-5H3;6-9,11H,10,18H2,1-5H3/t18-;16-/m11/s1. The number of benzene rings is 2. The molecule has 0 aliphatic rings. The van der Waals surface area contributed by atoms with Crippen molar-refractivity contribution in [2.24, 2.45) is 22.3 Å². The van der Waals surface area contributed by atoms with E-state index in [-0.39, 0.29) is 29.0 Å². The zero-order valence-electron chi connectivity index (χ0n) is 27.8. The third kappa shape index (κ3) is 10.8. The van der Waals surface area contributed by atoms with Gasteiger partial charge >= 0.3 is 11.9 Å². The molecule has 0 radical (unpaired) electrons. The summed E-state index contributed by atoms with van der Waals surface area (Å²) in [7, 11) is 0. The Morgan fingerprint density at radius 2 is 1.14 bits per heavy atom. The van der Waals surface area contributed by atoms with Gasteiger partial charge in [-0.25, -0.2) is 19.3 Å². The highest BCUT2D eigenvalue weighted by Crippen LogP contribution is 2.36. The summed E-state index contributed by atoms with van der Waals surface area (Å²) in [5, 5.41) is 4.09. The number of nitrogens with two attached hydrogens (primary N) is 2. The molecule has 0 saturated heterocycles. The number of ether oxygens (including phenoxy) is 2. The molecule has 2 aromatic carbocycles. The van der Waals surface area contributed by atoms with Gasteiger partial charge in [0.05, 0.1) is 17.9 Å². The van der Waals surface area contributed by atoms with E-state index < -0.39 is 17.0 Å². The number of hydrogen-bond donors (Lipinski definition) is 2. The van der Waals surface area contributed by atoms with Gasteiger partial charge in [-0.1, -0.05) is 81.7 Å². The molecule has 0 amide bonds. The van der Waals surface area contributed by atoms with Gasteiger partial charge in [0, 0.05) is 4.47 Å². The van der Waals surface area contributed by atoms with Crippen LogP contribution in [0, 0.1) is 10.8 Å². The molecule has 0 saturated carbocycles. The van der Waals surface area contributed by atoms with Gasteiger partial charge in [-0.05, 0) is 86.8 Å². The Hall–Kier alpha value is -3.08. The van der Waals surface area contributed by atoms with Crippen LogP contribution in [-0.4, -0.2) is 38.9 Å². The summed E-state index contributed by atoms with van der Waals surface area (Å²) in [4.78, 5) is 29.1. The van der Waals surface area contributed by atoms with E-state index in [1.54, 1.807) is 11.0 Å². The van der Waals surface area contributed by atoms with E-state index in [0.29, 0.717) is 12.8 Å². The maximum Gasteiger partial charge on any atom is 0.331 e. The minimum absolute atomic E-state index is 0.0855. The molecule has 1 heterocycles. The molecule has 242 valence electrons. The Morgan fingerprint density at radius 1 is 0.750 bits per heavy atom. The molecule has 0 spiro atoms. The lowest BCUT2D eigenvalue weighted by atomic mass is 9.76. The van der Waals surface area contributed by atoms with Crippen molar-refractivity contribution in [2.45, 2.75) is 105 Å². The summed E-state index contributed by atoms with van der Waals surface area (Å²) >= 11 is 3.39. The van der Waals surface area contributed by atoms with Gasteiger partial charge in [-0.15, -0.1) is 0 Å². The molecule has 4 N–H and O–H groups in total. The lowest BCUT2D eigenvalue weighted by molar-refractivity contribution is -0.156. The Bertz CT molecular complexity index is 1340. The fraction of sp³-hybridized carbons (Fsp3) is 0.529. The Morgan fingerprint density at radius 3 is 1.45 bits per heavy atom. The minimum Gasteiger partial charge on any atom is -0.461 e. The van der Waals surface area contributed by atoms with Crippen molar-refractivity contribution in [1.29, 1.82) is 0 Å². The van der Waals surface area contributed by atoms with E-state index in [9.17, 15) is 9.59 Å². The molecule has 2 atom stereocenters. The summed E-state index contributed by atoms with van der Waals surface area (Å²) < 4.78 is 13.4. The molecule has 10 heteroatoms. The van der Waals surface area contributed by atoms with Crippen molar-refractivity contribution < 1.29 is 19.1 Å². The number of rotatable bonds is 9. The molecule has 0 aliphatic carbocycles. The molecule has 1 aromatic heterocycles. The van der Waals surface area contributed by atoms with Gasteiger partial charge in [0.25, 0.3) is 0 Å². The Labute approximate surface area is 271 Å². The fourth-order valence-electron chi connectivity index (χ4n) is 4.90. The molecule has 3 rings (SSSR count). The van der Waals surface area contributed by atoms with Crippen LogP contribution in [0.5, 0.6) is 0 Å². The topological polar surface area (TPSA) is 135 Å². The van der Waals surface area contributed by atoms with Gasteiger partial charge in [-0.2, -0.15) is 5.10 Å². The van der Waals surface area contributed by atoms with Crippen molar-refractivity contribution in [3.05, 3.63) is 76.8 Å². The number of nitrogens with zero attached hydrogens (tertiary/aromatic N) is 3. The highest BCUT2D eigenvalue weighted by atomic mass is 79.9. The first-order chi connectivity index (χ1) is 20.2. The molecule has 0 aliphatic heterocycles. The third-order valence-corrected chi connectivity index (χ3v) is 6.99. The average molecular weight is 673 g/mol. The van der Waals surface area contributed by atoms with E-state index in [4.69, 9.17) is 20.9 Å². The van der Waals surface area contributed by atoms with Crippen molar-refractivity contribution in [2.75, 3.05) is 0 Å². The Kier molecular flexibility index (Phi) is 12.5. The summed E-state index contributed by atoms with van der Waals surface area (Å²) in [6.45, 7) is 19.7. The zero-order chi connectivity index (χ0) is 33.5. The number of hydrogen-bond acceptors (Lipinski definition) is 8. The van der Waals surface area contributed by atoms with Gasteiger partial charge in [0.15, 0.2) is 0 Å². The number of aromatic nitrogens is 3. The lowest BCUT2D eigenvalue weighted by Crippen LogP contribution is -2.49. The largest absolute Gasteiger partial charge is 0.461 e. The highest BCUT2D eigenvalue weighted by Gasteiger charge is 2.42. The summed E-state index contributed by atoms with van der Waals surface area (Å²) in [5.41, 5.74) is 12.8. The van der Waals surface area contributed by atoms with Crippen molar-refractivity contribution in [3.63, 3.8) is 0 Å². The second-order valence-electron chi connectivity index (χ2n) is 14.2. The van der Waals surface area contributed by atoms with Crippen LogP contribution in [-0.2, 0) is 30.1 Å². The number of halogens is 1. The maximum atomic E-state index is 12.7. The van der Waals surface area contributed by atoms with Crippen LogP contribution in [0.2, 0.25) is 0 Å². The molecular formula is C34H50BrN5O4. The number of carbonyl (C=O) groups is 2. The van der Waals surface area contributed by atoms with Crippen LogP contribution in [0.3, 0.4) is 0 Å². The van der Waals surface area contributed by atoms with E-state index in [2.05, 4.69) is 67.6 Å². The summed E-state index contributed by atoms with van der Waals surface area (Å²) in [5.74, 6) is -0.773. The molecule has 3 aromatic rings. The molecule has 0 bridgehead atoms. The van der Waals surface area contributed by atoms with Gasteiger partial charge in [-0.3, -0.25) is 0 Å². The van der Waals surface area contributed by atoms with E-state index >= 15 is 0 Å². The van der Waals surface area contributed by atoms with Gasteiger partial charge < -0.3 is 20.9 Å². The maximum absolute atomic E-state index is 12.7. The number of esters is 2. The van der Waals surface area contributed by atoms with Crippen LogP contribution < -0.4 is 11.5 Å². The third-order valence-electron chi connectivity index (χ3n) is 6.46. The predicted octanol–water partition coefficient (Wildman–Crippen LogP) is 6.80. The smallest absolute Gasteiger partial charge is 0.331 e. The van der Waals surface area contributed by atoms with Crippen LogP contribution in [0.25, 0.3) is 5.69 Å². The van der Waals surface area contributed by atoms with Crippen molar-refractivity contribution in [3.8, 4) is 5.69 Å². The number of carbonyl (C=O) groups excluding carboxylic acids is 2. The quantitative estimate of drug-likeness (QED) is 0.237. The predicted molar refractivity (Wildman–Crippen MR) is 178 cm³/mol. The highest BCUT2D eigenvalue weighted by molar-refractivity contribution is 9.10. The lowest BCUT2D eigenvalue weighted by Gasteiger charge is -2.34. The van der Waals surface area contributed by atoms with Gasteiger partial charge in [0.2, 0.25) is 0 Å². The van der Waals surface area contributed by atoms with Gasteiger partial charge in [0.1, 0.15) is 23.7 Å². The average Bonchev–Trinajstić information content (AvgIpc) is 3.42. The second kappa shape index (κ2) is 14.8. The summed E-state index contributed by atoms with van der Waals surface area (Å²) in [6, 6.07) is 15.0. The monoisotopic (exact) mass is 671 g/mol. The van der Waals surface area contributed by atoms with E-state index in [0.717, 1.165) is 21.3 Å². The normalized spacial score (nSPS) is 14.7. The fourth-order valence-corrected chi connectivity index (χ4v) is 5.16. The van der Waals surface area contributed by atoms with Crippen LogP contribution in [0.4, 0.5) is 0 Å². The first kappa shape index (κ1) is 37.1. The minimum atomic E-state index is -1.19. The molecule has 44 heavy (non-hydrogen) atoms.